The van der Waals surface area contributed by atoms with Crippen molar-refractivity contribution in [2.45, 2.75) is 0 Å². The molecule has 2 rings (SSSR count). The molecule has 2 aromatic rings. The fourth-order valence-electron chi connectivity index (χ4n) is 1.50. The molecular weight excluding hydrogens is 231 g/mol. The second kappa shape index (κ2) is 5.23. The van der Waals surface area contributed by atoms with Crippen LogP contribution in [-0.2, 0) is 0 Å². The molecule has 0 fully saturated rings. The standard InChI is InChI=1S/C14H11FN2O/c15-14-9-13(17-18)8-5-11(14)4-1-10-2-6-12(16)7-3-10/h1-9H,16H2/b4-1+. The van der Waals surface area contributed by atoms with Crippen LogP contribution in [0.5, 0.6) is 0 Å². The molecule has 2 N–H and O–H groups in total. The summed E-state index contributed by atoms with van der Waals surface area (Å²) in [5.74, 6) is -0.473. The maximum Gasteiger partial charge on any atom is 0.132 e. The first-order valence-corrected chi connectivity index (χ1v) is 5.35. The molecule has 90 valence electrons. The number of benzene rings is 2. The molecule has 0 aliphatic rings. The van der Waals surface area contributed by atoms with Crippen molar-refractivity contribution in [2.75, 3.05) is 5.73 Å². The predicted octanol–water partition coefficient (Wildman–Crippen LogP) is 3.98. The van der Waals surface area contributed by atoms with Crippen molar-refractivity contribution in [1.82, 2.24) is 0 Å². The van der Waals surface area contributed by atoms with Crippen LogP contribution in [0.15, 0.2) is 47.6 Å². The van der Waals surface area contributed by atoms with Gasteiger partial charge in [-0.05, 0) is 35.0 Å². The molecule has 0 saturated heterocycles. The number of anilines is 1. The summed E-state index contributed by atoms with van der Waals surface area (Å²) in [7, 11) is 0. The van der Waals surface area contributed by atoms with Crippen LogP contribution in [0.4, 0.5) is 15.8 Å². The van der Waals surface area contributed by atoms with Gasteiger partial charge < -0.3 is 5.73 Å². The second-order valence-electron chi connectivity index (χ2n) is 3.80. The number of nitrogens with two attached hydrogens (primary N) is 1. The Hall–Kier alpha value is -2.49. The van der Waals surface area contributed by atoms with E-state index in [2.05, 4.69) is 5.18 Å². The van der Waals surface area contributed by atoms with Crippen LogP contribution in [0.3, 0.4) is 0 Å². The monoisotopic (exact) mass is 242 g/mol. The van der Waals surface area contributed by atoms with Crippen molar-refractivity contribution >= 4 is 23.5 Å². The first-order chi connectivity index (χ1) is 8.69. The molecule has 0 bridgehead atoms. The van der Waals surface area contributed by atoms with E-state index in [0.29, 0.717) is 11.3 Å². The summed E-state index contributed by atoms with van der Waals surface area (Å²) in [5.41, 5.74) is 7.65. The highest BCUT2D eigenvalue weighted by molar-refractivity contribution is 5.71. The van der Waals surface area contributed by atoms with Gasteiger partial charge in [0.1, 0.15) is 11.5 Å². The van der Waals surface area contributed by atoms with Crippen LogP contribution >= 0.6 is 0 Å². The Labute approximate surface area is 104 Å². The lowest BCUT2D eigenvalue weighted by Gasteiger charge is -1.98. The van der Waals surface area contributed by atoms with Gasteiger partial charge >= 0.3 is 0 Å². The second-order valence-corrected chi connectivity index (χ2v) is 3.80. The summed E-state index contributed by atoms with van der Waals surface area (Å²) in [5, 5.41) is 2.67. The number of nitroso groups, excluding NO2 is 1. The van der Waals surface area contributed by atoms with Crippen molar-refractivity contribution in [2.24, 2.45) is 5.18 Å². The highest BCUT2D eigenvalue weighted by Crippen LogP contribution is 2.19. The number of hydrogen-bond acceptors (Lipinski definition) is 3. The number of hydrogen-bond donors (Lipinski definition) is 1. The van der Waals surface area contributed by atoms with Gasteiger partial charge in [-0.25, -0.2) is 4.39 Å². The van der Waals surface area contributed by atoms with E-state index in [-0.39, 0.29) is 5.69 Å². The Morgan fingerprint density at radius 1 is 1.06 bits per heavy atom. The predicted molar refractivity (Wildman–Crippen MR) is 71.6 cm³/mol. The van der Waals surface area contributed by atoms with Gasteiger partial charge in [0.2, 0.25) is 0 Å². The fourth-order valence-corrected chi connectivity index (χ4v) is 1.50. The van der Waals surface area contributed by atoms with E-state index < -0.39 is 5.82 Å². The molecule has 4 heteroatoms. The quantitative estimate of drug-likeness (QED) is 0.503. The largest absolute Gasteiger partial charge is 0.399 e. The summed E-state index contributed by atoms with van der Waals surface area (Å²) in [6.45, 7) is 0. The van der Waals surface area contributed by atoms with Gasteiger partial charge in [-0.3, -0.25) is 0 Å². The molecule has 0 aromatic heterocycles. The van der Waals surface area contributed by atoms with Gasteiger partial charge in [0.25, 0.3) is 0 Å². The molecule has 0 saturated carbocycles. The first kappa shape index (κ1) is 12.0. The van der Waals surface area contributed by atoms with Crippen LogP contribution in [-0.4, -0.2) is 0 Å². The van der Waals surface area contributed by atoms with Crippen molar-refractivity contribution in [3.63, 3.8) is 0 Å². The maximum atomic E-state index is 13.5. The SMILES string of the molecule is Nc1ccc(/C=C/c2ccc(N=O)cc2F)cc1. The van der Waals surface area contributed by atoms with Crippen molar-refractivity contribution in [3.8, 4) is 0 Å². The molecule has 0 aliphatic carbocycles. The number of halogens is 1. The average molecular weight is 242 g/mol. The molecular formula is C14H11FN2O. The van der Waals surface area contributed by atoms with E-state index in [1.807, 2.05) is 12.1 Å². The smallest absolute Gasteiger partial charge is 0.132 e. The molecule has 0 aliphatic heterocycles. The van der Waals surface area contributed by atoms with Gasteiger partial charge in [0.15, 0.2) is 0 Å². The Morgan fingerprint density at radius 3 is 2.39 bits per heavy atom. The molecule has 0 atom stereocenters. The van der Waals surface area contributed by atoms with E-state index in [1.165, 1.54) is 12.1 Å². The number of nitrogens with zero attached hydrogens (tertiary/aromatic N) is 1. The van der Waals surface area contributed by atoms with Crippen LogP contribution in [0.2, 0.25) is 0 Å². The molecule has 0 heterocycles. The molecule has 0 spiro atoms. The zero-order valence-corrected chi connectivity index (χ0v) is 9.51. The number of nitrogen functional groups attached to an aromatic ring is 1. The van der Waals surface area contributed by atoms with Gasteiger partial charge in [-0.2, -0.15) is 0 Å². The number of rotatable bonds is 3. The van der Waals surface area contributed by atoms with E-state index in [0.717, 1.165) is 11.6 Å². The summed E-state index contributed by atoms with van der Waals surface area (Å²) in [6, 6.07) is 11.3. The van der Waals surface area contributed by atoms with E-state index in [9.17, 15) is 9.30 Å². The van der Waals surface area contributed by atoms with Gasteiger partial charge in [-0.15, -0.1) is 4.91 Å². The lowest BCUT2D eigenvalue weighted by Crippen LogP contribution is -1.83. The van der Waals surface area contributed by atoms with Crippen molar-refractivity contribution in [3.05, 3.63) is 64.3 Å². The summed E-state index contributed by atoms with van der Waals surface area (Å²) < 4.78 is 13.5. The third-order valence-electron chi connectivity index (χ3n) is 2.48. The molecule has 3 nitrogen and oxygen atoms in total. The van der Waals surface area contributed by atoms with Crippen LogP contribution in [0, 0.1) is 10.7 Å². The first-order valence-electron chi connectivity index (χ1n) is 5.35. The van der Waals surface area contributed by atoms with Crippen molar-refractivity contribution in [1.29, 1.82) is 0 Å². The lowest BCUT2D eigenvalue weighted by molar-refractivity contribution is 0.625. The molecule has 0 amide bonds. The minimum absolute atomic E-state index is 0.0807. The zero-order chi connectivity index (χ0) is 13.0. The summed E-state index contributed by atoms with van der Waals surface area (Å²) in [4.78, 5) is 10.2. The molecule has 2 aromatic carbocycles. The van der Waals surface area contributed by atoms with Gasteiger partial charge in [0.05, 0.1) is 0 Å². The normalized spacial score (nSPS) is 10.7. The fraction of sp³-hybridized carbons (Fsp3) is 0. The lowest BCUT2D eigenvalue weighted by atomic mass is 10.1. The van der Waals surface area contributed by atoms with Crippen LogP contribution < -0.4 is 5.73 Å². The Balaban J connectivity index is 2.23. The van der Waals surface area contributed by atoms with Gasteiger partial charge in [0, 0.05) is 17.3 Å². The molecule has 18 heavy (non-hydrogen) atoms. The average Bonchev–Trinajstić information content (AvgIpc) is 2.39. The Kier molecular flexibility index (Phi) is 3.48. The van der Waals surface area contributed by atoms with Crippen molar-refractivity contribution < 1.29 is 4.39 Å². The third kappa shape index (κ3) is 2.79. The highest BCUT2D eigenvalue weighted by atomic mass is 19.1. The van der Waals surface area contributed by atoms with Crippen LogP contribution in [0.1, 0.15) is 11.1 Å². The zero-order valence-electron chi connectivity index (χ0n) is 9.51. The third-order valence-corrected chi connectivity index (χ3v) is 2.48. The van der Waals surface area contributed by atoms with Crippen LogP contribution in [0.25, 0.3) is 12.2 Å². The van der Waals surface area contributed by atoms with Gasteiger partial charge in [-0.1, -0.05) is 24.3 Å². The summed E-state index contributed by atoms with van der Waals surface area (Å²) >= 11 is 0. The van der Waals surface area contributed by atoms with E-state index in [4.69, 9.17) is 5.73 Å². The Bertz CT molecular complexity index is 591. The minimum Gasteiger partial charge on any atom is -0.399 e. The topological polar surface area (TPSA) is 55.4 Å². The van der Waals surface area contributed by atoms with E-state index in [1.54, 1.807) is 24.3 Å². The molecule has 0 unspecified atom stereocenters. The Morgan fingerprint density at radius 2 is 1.78 bits per heavy atom. The maximum absolute atomic E-state index is 13.5. The highest BCUT2D eigenvalue weighted by Gasteiger charge is 2.00. The minimum atomic E-state index is -0.473. The molecule has 0 radical (unpaired) electrons. The van der Waals surface area contributed by atoms with E-state index >= 15 is 0 Å². The summed E-state index contributed by atoms with van der Waals surface area (Å²) in [6.07, 6.45) is 3.40.